The van der Waals surface area contributed by atoms with Gasteiger partial charge in [0.05, 0.1) is 11.8 Å². The van der Waals surface area contributed by atoms with Gasteiger partial charge in [0.25, 0.3) is 5.56 Å². The Morgan fingerprint density at radius 1 is 1.28 bits per heavy atom. The lowest BCUT2D eigenvalue weighted by Crippen LogP contribution is -2.27. The monoisotopic (exact) mass is 365 g/mol. The van der Waals surface area contributed by atoms with Crippen molar-refractivity contribution in [2.24, 2.45) is 0 Å². The van der Waals surface area contributed by atoms with Gasteiger partial charge in [0, 0.05) is 11.8 Å². The molecule has 1 aliphatic rings. The average Bonchev–Trinajstić information content (AvgIpc) is 3.12. The maximum atomic E-state index is 13.0. The van der Waals surface area contributed by atoms with Crippen molar-refractivity contribution in [2.75, 3.05) is 5.32 Å². The summed E-state index contributed by atoms with van der Waals surface area (Å²) in [4.78, 5) is 28.5. The van der Waals surface area contributed by atoms with Crippen molar-refractivity contribution in [3.8, 4) is 11.5 Å². The highest BCUT2D eigenvalue weighted by molar-refractivity contribution is 7.17. The van der Waals surface area contributed by atoms with Gasteiger partial charge in [-0.1, -0.05) is 0 Å². The maximum Gasteiger partial charge on any atom is 0.586 e. The highest BCUT2D eigenvalue weighted by Crippen LogP contribution is 2.42. The summed E-state index contributed by atoms with van der Waals surface area (Å²) in [7, 11) is 0. The fourth-order valence-corrected chi connectivity index (χ4v) is 3.17. The lowest BCUT2D eigenvalue weighted by atomic mass is 10.3. The smallest absolute Gasteiger partial charge is 0.395 e. The normalized spacial score (nSPS) is 14.6. The summed E-state index contributed by atoms with van der Waals surface area (Å²) in [5, 5.41) is 4.26. The number of nitrogens with zero attached hydrogens (tertiary/aromatic N) is 2. The van der Waals surface area contributed by atoms with Crippen LogP contribution in [0.15, 0.2) is 40.8 Å². The van der Waals surface area contributed by atoms with Gasteiger partial charge in [0.15, 0.2) is 11.5 Å². The number of amides is 1. The molecule has 128 valence electrons. The Kier molecular flexibility index (Phi) is 3.42. The SMILES string of the molecule is O=C(Cn1cnc2ccsc2c1=O)Nc1ccc2c(c1)OC(F)(F)O2. The Morgan fingerprint density at radius 3 is 2.92 bits per heavy atom. The summed E-state index contributed by atoms with van der Waals surface area (Å²) in [5.74, 6) is -0.807. The van der Waals surface area contributed by atoms with Gasteiger partial charge in [-0.25, -0.2) is 4.98 Å². The number of halogens is 2. The van der Waals surface area contributed by atoms with Crippen molar-refractivity contribution in [3.05, 3.63) is 46.3 Å². The number of rotatable bonds is 3. The zero-order valence-corrected chi connectivity index (χ0v) is 13.2. The van der Waals surface area contributed by atoms with Crippen molar-refractivity contribution in [1.82, 2.24) is 9.55 Å². The molecule has 7 nitrogen and oxygen atoms in total. The van der Waals surface area contributed by atoms with E-state index in [9.17, 15) is 18.4 Å². The second-order valence-electron chi connectivity index (χ2n) is 5.19. The molecule has 1 aromatic carbocycles. The summed E-state index contributed by atoms with van der Waals surface area (Å²) in [6.07, 6.45) is -2.43. The molecule has 3 aromatic rings. The number of hydrogen-bond donors (Lipinski definition) is 1. The molecule has 1 amide bonds. The Balaban J connectivity index is 1.51. The Morgan fingerprint density at radius 2 is 2.08 bits per heavy atom. The summed E-state index contributed by atoms with van der Waals surface area (Å²) in [6, 6.07) is 5.59. The predicted molar refractivity (Wildman–Crippen MR) is 85.2 cm³/mol. The van der Waals surface area contributed by atoms with Crippen LogP contribution in [0.1, 0.15) is 0 Å². The van der Waals surface area contributed by atoms with Crippen LogP contribution in [0.25, 0.3) is 10.2 Å². The summed E-state index contributed by atoms with van der Waals surface area (Å²) < 4.78 is 36.2. The van der Waals surface area contributed by atoms with Crippen LogP contribution in [-0.2, 0) is 11.3 Å². The highest BCUT2D eigenvalue weighted by Gasteiger charge is 2.43. The predicted octanol–water partition coefficient (Wildman–Crippen LogP) is 2.42. The molecule has 1 aliphatic heterocycles. The van der Waals surface area contributed by atoms with E-state index >= 15 is 0 Å². The van der Waals surface area contributed by atoms with Gasteiger partial charge in [0.1, 0.15) is 11.2 Å². The lowest BCUT2D eigenvalue weighted by Gasteiger charge is -2.07. The number of thiophene rings is 1. The number of carbonyl (C=O) groups is 1. The Bertz CT molecular complexity index is 1050. The molecule has 4 rings (SSSR count). The van der Waals surface area contributed by atoms with Crippen LogP contribution in [0.2, 0.25) is 0 Å². The number of hydrogen-bond acceptors (Lipinski definition) is 6. The first-order valence-corrected chi connectivity index (χ1v) is 7.92. The molecule has 25 heavy (non-hydrogen) atoms. The second kappa shape index (κ2) is 5.52. The highest BCUT2D eigenvalue weighted by atomic mass is 32.1. The molecule has 0 aliphatic carbocycles. The van der Waals surface area contributed by atoms with Gasteiger partial charge in [-0.2, -0.15) is 0 Å². The molecular weight excluding hydrogens is 356 g/mol. The van der Waals surface area contributed by atoms with Crippen LogP contribution < -0.4 is 20.3 Å². The number of nitrogens with one attached hydrogen (secondary N) is 1. The molecule has 2 aromatic heterocycles. The first kappa shape index (κ1) is 15.5. The van der Waals surface area contributed by atoms with E-state index < -0.39 is 12.2 Å². The second-order valence-corrected chi connectivity index (χ2v) is 6.11. The van der Waals surface area contributed by atoms with Crippen LogP contribution in [0.4, 0.5) is 14.5 Å². The molecule has 3 heterocycles. The summed E-state index contributed by atoms with van der Waals surface area (Å²) in [5.41, 5.74) is 0.493. The van der Waals surface area contributed by atoms with Gasteiger partial charge in [-0.3, -0.25) is 14.2 Å². The fourth-order valence-electron chi connectivity index (χ4n) is 2.37. The third-order valence-corrected chi connectivity index (χ3v) is 4.33. The molecule has 0 atom stereocenters. The molecule has 0 fully saturated rings. The van der Waals surface area contributed by atoms with Crippen LogP contribution in [0, 0.1) is 0 Å². The number of carbonyl (C=O) groups excluding carboxylic acids is 1. The van der Waals surface area contributed by atoms with Crippen LogP contribution in [0.5, 0.6) is 11.5 Å². The first-order valence-electron chi connectivity index (χ1n) is 7.04. The Labute approximate surface area is 142 Å². The van der Waals surface area contributed by atoms with Gasteiger partial charge in [-0.05, 0) is 23.6 Å². The number of aromatic nitrogens is 2. The van der Waals surface area contributed by atoms with E-state index in [1.807, 2.05) is 0 Å². The fraction of sp³-hybridized carbons (Fsp3) is 0.133. The summed E-state index contributed by atoms with van der Waals surface area (Å²) in [6.45, 7) is -0.260. The number of anilines is 1. The molecule has 0 unspecified atom stereocenters. The lowest BCUT2D eigenvalue weighted by molar-refractivity contribution is -0.286. The van der Waals surface area contributed by atoms with Gasteiger partial charge in [0.2, 0.25) is 5.91 Å². The van der Waals surface area contributed by atoms with Gasteiger partial charge < -0.3 is 14.8 Å². The standard InChI is InChI=1S/C15H9F2N3O4S/c16-15(17)23-10-2-1-8(5-11(10)24-15)19-12(21)6-20-7-18-9-3-4-25-13(9)14(20)22/h1-5,7H,6H2,(H,19,21). The topological polar surface area (TPSA) is 82.5 Å². The number of alkyl halides is 2. The number of ether oxygens (including phenoxy) is 2. The van der Waals surface area contributed by atoms with Crippen LogP contribution >= 0.6 is 11.3 Å². The van der Waals surface area contributed by atoms with Gasteiger partial charge in [-0.15, -0.1) is 20.1 Å². The van der Waals surface area contributed by atoms with E-state index in [1.54, 1.807) is 11.4 Å². The first-order chi connectivity index (χ1) is 11.9. The van der Waals surface area contributed by atoms with Crippen LogP contribution in [-0.4, -0.2) is 21.8 Å². The maximum absolute atomic E-state index is 13.0. The van der Waals surface area contributed by atoms with Gasteiger partial charge >= 0.3 is 6.29 Å². The molecule has 0 saturated carbocycles. The third kappa shape index (κ3) is 2.91. The van der Waals surface area contributed by atoms with Crippen molar-refractivity contribution >= 4 is 33.1 Å². The quantitative estimate of drug-likeness (QED) is 0.771. The minimum Gasteiger partial charge on any atom is -0.395 e. The zero-order chi connectivity index (χ0) is 17.6. The molecule has 0 bridgehead atoms. The number of fused-ring (bicyclic) bond motifs is 2. The summed E-state index contributed by atoms with van der Waals surface area (Å²) >= 11 is 1.24. The van der Waals surface area contributed by atoms with E-state index in [-0.39, 0.29) is 29.3 Å². The van der Waals surface area contributed by atoms with E-state index in [1.165, 1.54) is 40.4 Å². The molecule has 0 saturated heterocycles. The number of benzene rings is 1. The Hall–Kier alpha value is -3.01. The zero-order valence-electron chi connectivity index (χ0n) is 12.4. The van der Waals surface area contributed by atoms with E-state index in [0.29, 0.717) is 10.2 Å². The molecule has 1 N–H and O–H groups in total. The minimum absolute atomic E-state index is 0.119. The van der Waals surface area contributed by atoms with Crippen molar-refractivity contribution in [1.29, 1.82) is 0 Å². The minimum atomic E-state index is -3.72. The molecule has 0 spiro atoms. The van der Waals surface area contributed by atoms with Crippen molar-refractivity contribution in [2.45, 2.75) is 12.8 Å². The van der Waals surface area contributed by atoms with E-state index in [4.69, 9.17) is 0 Å². The third-order valence-electron chi connectivity index (χ3n) is 3.43. The largest absolute Gasteiger partial charge is 0.586 e. The van der Waals surface area contributed by atoms with Crippen molar-refractivity contribution < 1.29 is 23.0 Å². The van der Waals surface area contributed by atoms with Crippen LogP contribution in [0.3, 0.4) is 0 Å². The molecular formula is C15H9F2N3O4S. The average molecular weight is 365 g/mol. The van der Waals surface area contributed by atoms with E-state index in [0.717, 1.165) is 0 Å². The van der Waals surface area contributed by atoms with E-state index in [2.05, 4.69) is 19.8 Å². The molecule has 10 heteroatoms. The van der Waals surface area contributed by atoms with Crippen molar-refractivity contribution in [3.63, 3.8) is 0 Å². The molecule has 0 radical (unpaired) electrons.